The Kier molecular flexibility index (Phi) is 5.51. The number of fused-ring (bicyclic) bond motifs is 3. The van der Waals surface area contributed by atoms with E-state index in [9.17, 15) is 4.79 Å². The Morgan fingerprint density at radius 3 is 2.72 bits per heavy atom. The summed E-state index contributed by atoms with van der Waals surface area (Å²) in [4.78, 5) is 33.3. The molecule has 3 aromatic heterocycles. The maximum Gasteiger partial charge on any atom is 0.273 e. The molecule has 0 aromatic carbocycles. The monoisotopic (exact) mass is 449 g/mol. The second kappa shape index (κ2) is 8.47. The van der Waals surface area contributed by atoms with Crippen LogP contribution in [0, 0.1) is 19.8 Å². The number of carbonyl (C=O) groups is 1. The maximum absolute atomic E-state index is 13.8. The standard InChI is InChI=1S/C24H24ClN5O2/c1-14-10-18(25)23(28-12-14)32-20-11-16-5-7-19(20)30(13-16)24(31)21-17(6-4-15(2)29-21)22-26-8-3-9-27-22/h3-4,6,8-10,12,16,19-20H,5,7,11,13H2,1-2H3. The van der Waals surface area contributed by atoms with Gasteiger partial charge in [-0.15, -0.1) is 0 Å². The van der Waals surface area contributed by atoms with Crippen molar-refractivity contribution in [1.82, 2.24) is 24.8 Å². The number of ether oxygens (including phenoxy) is 1. The molecule has 3 fully saturated rings. The molecule has 2 bridgehead atoms. The zero-order valence-corrected chi connectivity index (χ0v) is 18.8. The fourth-order valence-electron chi connectivity index (χ4n) is 4.72. The van der Waals surface area contributed by atoms with Crippen molar-refractivity contribution in [2.75, 3.05) is 6.54 Å². The van der Waals surface area contributed by atoms with Gasteiger partial charge in [-0.25, -0.2) is 19.9 Å². The van der Waals surface area contributed by atoms with E-state index in [1.54, 1.807) is 24.7 Å². The molecule has 2 aliphatic heterocycles. The predicted octanol–water partition coefficient (Wildman–Crippen LogP) is 4.28. The summed E-state index contributed by atoms with van der Waals surface area (Å²) in [5.41, 5.74) is 2.78. The van der Waals surface area contributed by atoms with E-state index in [-0.39, 0.29) is 18.1 Å². The van der Waals surface area contributed by atoms with E-state index >= 15 is 0 Å². The van der Waals surface area contributed by atoms with Gasteiger partial charge in [-0.3, -0.25) is 4.79 Å². The van der Waals surface area contributed by atoms with Crippen LogP contribution in [0.4, 0.5) is 0 Å². The normalized spacial score (nSPS) is 22.1. The molecule has 5 heterocycles. The molecule has 6 rings (SSSR count). The fraction of sp³-hybridized carbons (Fsp3) is 0.375. The Morgan fingerprint density at radius 2 is 1.97 bits per heavy atom. The number of aryl methyl sites for hydroxylation is 2. The van der Waals surface area contributed by atoms with E-state index in [0.717, 1.165) is 30.5 Å². The van der Waals surface area contributed by atoms with Crippen LogP contribution in [-0.2, 0) is 0 Å². The first kappa shape index (κ1) is 20.8. The number of hydrogen-bond donors (Lipinski definition) is 0. The molecule has 0 radical (unpaired) electrons. The molecular weight excluding hydrogens is 426 g/mol. The van der Waals surface area contributed by atoms with Gasteiger partial charge in [0, 0.05) is 30.8 Å². The molecule has 0 N–H and O–H groups in total. The number of hydrogen-bond acceptors (Lipinski definition) is 6. The van der Waals surface area contributed by atoms with Crippen molar-refractivity contribution in [3.05, 3.63) is 64.8 Å². The summed E-state index contributed by atoms with van der Waals surface area (Å²) in [7, 11) is 0. The lowest BCUT2D eigenvalue weighted by Gasteiger charge is -2.49. The summed E-state index contributed by atoms with van der Waals surface area (Å²) >= 11 is 6.36. The molecule has 3 unspecified atom stereocenters. The van der Waals surface area contributed by atoms with Gasteiger partial charge in [0.05, 0.1) is 11.6 Å². The summed E-state index contributed by atoms with van der Waals surface area (Å²) < 4.78 is 6.25. The highest BCUT2D eigenvalue weighted by atomic mass is 35.5. The highest BCUT2D eigenvalue weighted by Crippen LogP contribution is 2.39. The van der Waals surface area contributed by atoms with Crippen LogP contribution >= 0.6 is 11.6 Å². The Bertz CT molecular complexity index is 1160. The first-order valence-electron chi connectivity index (χ1n) is 10.8. The summed E-state index contributed by atoms with van der Waals surface area (Å²) in [6.07, 6.45) is 7.78. The van der Waals surface area contributed by atoms with Crippen molar-refractivity contribution in [2.24, 2.45) is 5.92 Å². The Morgan fingerprint density at radius 1 is 1.16 bits per heavy atom. The van der Waals surface area contributed by atoms with Crippen LogP contribution in [0.2, 0.25) is 5.02 Å². The number of aromatic nitrogens is 4. The molecule has 1 aliphatic carbocycles. The SMILES string of the molecule is Cc1cnc(OC2CC3CCC2N(C(=O)c2nc(C)ccc2-c2ncccn2)C3)c(Cl)c1. The first-order valence-corrected chi connectivity index (χ1v) is 11.2. The maximum atomic E-state index is 13.8. The lowest BCUT2D eigenvalue weighted by Crippen LogP contribution is -2.59. The van der Waals surface area contributed by atoms with Gasteiger partial charge >= 0.3 is 0 Å². The Balaban J connectivity index is 1.45. The molecule has 164 valence electrons. The van der Waals surface area contributed by atoms with E-state index in [2.05, 4.69) is 19.9 Å². The third-order valence-corrected chi connectivity index (χ3v) is 6.50. The second-order valence-electron chi connectivity index (χ2n) is 8.58. The number of amides is 1. The average molecular weight is 450 g/mol. The van der Waals surface area contributed by atoms with E-state index in [0.29, 0.717) is 40.4 Å². The van der Waals surface area contributed by atoms with Crippen molar-refractivity contribution >= 4 is 17.5 Å². The average Bonchev–Trinajstić information content (AvgIpc) is 2.81. The zero-order valence-electron chi connectivity index (χ0n) is 18.0. The minimum absolute atomic E-state index is 0.0569. The van der Waals surface area contributed by atoms with E-state index in [4.69, 9.17) is 16.3 Å². The minimum atomic E-state index is -0.152. The number of carbonyl (C=O) groups excluding carboxylic acids is 1. The van der Waals surface area contributed by atoms with Crippen molar-refractivity contribution in [1.29, 1.82) is 0 Å². The summed E-state index contributed by atoms with van der Waals surface area (Å²) in [5.74, 6) is 1.18. The van der Waals surface area contributed by atoms with Gasteiger partial charge in [0.1, 0.15) is 16.8 Å². The van der Waals surface area contributed by atoms with E-state index < -0.39 is 0 Å². The molecule has 2 saturated heterocycles. The molecule has 3 aromatic rings. The van der Waals surface area contributed by atoms with Crippen LogP contribution in [0.3, 0.4) is 0 Å². The van der Waals surface area contributed by atoms with Gasteiger partial charge in [0.15, 0.2) is 5.82 Å². The molecule has 3 atom stereocenters. The van der Waals surface area contributed by atoms with Gasteiger partial charge in [0.2, 0.25) is 5.88 Å². The van der Waals surface area contributed by atoms with Gasteiger partial charge in [0.25, 0.3) is 5.91 Å². The lowest BCUT2D eigenvalue weighted by molar-refractivity contribution is -0.0315. The van der Waals surface area contributed by atoms with Crippen LogP contribution in [0.5, 0.6) is 5.88 Å². The van der Waals surface area contributed by atoms with Gasteiger partial charge in [-0.2, -0.15) is 0 Å². The third-order valence-electron chi connectivity index (χ3n) is 6.23. The van der Waals surface area contributed by atoms with Crippen molar-refractivity contribution in [2.45, 2.75) is 45.3 Å². The Hall–Kier alpha value is -3.06. The van der Waals surface area contributed by atoms with Gasteiger partial charge < -0.3 is 9.64 Å². The number of pyridine rings is 2. The Labute approximate surface area is 191 Å². The first-order chi connectivity index (χ1) is 15.5. The van der Waals surface area contributed by atoms with Crippen LogP contribution in [0.15, 0.2) is 42.9 Å². The molecular formula is C24H24ClN5O2. The second-order valence-corrected chi connectivity index (χ2v) is 8.99. The van der Waals surface area contributed by atoms with Crippen molar-refractivity contribution in [3.63, 3.8) is 0 Å². The number of nitrogens with zero attached hydrogens (tertiary/aromatic N) is 5. The number of rotatable bonds is 4. The van der Waals surface area contributed by atoms with E-state index in [1.165, 1.54) is 0 Å². The summed E-state index contributed by atoms with van der Waals surface area (Å²) in [5, 5.41) is 0.494. The molecule has 7 nitrogen and oxygen atoms in total. The predicted molar refractivity (Wildman–Crippen MR) is 121 cm³/mol. The summed E-state index contributed by atoms with van der Waals surface area (Å²) in [6, 6.07) is 7.29. The van der Waals surface area contributed by atoms with Crippen molar-refractivity contribution < 1.29 is 9.53 Å². The van der Waals surface area contributed by atoms with Crippen LogP contribution in [0.1, 0.15) is 41.0 Å². The topological polar surface area (TPSA) is 81.1 Å². The van der Waals surface area contributed by atoms with Gasteiger partial charge in [-0.05, 0) is 68.9 Å². The molecule has 32 heavy (non-hydrogen) atoms. The third kappa shape index (κ3) is 3.93. The van der Waals surface area contributed by atoms with Crippen molar-refractivity contribution in [3.8, 4) is 17.3 Å². The molecule has 3 aliphatic rings. The van der Waals surface area contributed by atoms with Crippen LogP contribution in [0.25, 0.3) is 11.4 Å². The highest BCUT2D eigenvalue weighted by Gasteiger charge is 2.45. The number of halogens is 1. The van der Waals surface area contributed by atoms with Gasteiger partial charge in [-0.1, -0.05) is 11.6 Å². The smallest absolute Gasteiger partial charge is 0.273 e. The molecule has 0 spiro atoms. The fourth-order valence-corrected chi connectivity index (χ4v) is 4.98. The minimum Gasteiger partial charge on any atom is -0.471 e. The molecule has 1 amide bonds. The van der Waals surface area contributed by atoms with Crippen LogP contribution < -0.4 is 4.74 Å². The largest absolute Gasteiger partial charge is 0.471 e. The zero-order chi connectivity index (χ0) is 22.2. The van der Waals surface area contributed by atoms with Crippen LogP contribution in [-0.4, -0.2) is 49.4 Å². The number of piperidine rings is 2. The molecule has 1 saturated carbocycles. The quantitative estimate of drug-likeness (QED) is 0.591. The van der Waals surface area contributed by atoms with E-state index in [1.807, 2.05) is 36.9 Å². The summed E-state index contributed by atoms with van der Waals surface area (Å²) in [6.45, 7) is 4.52. The highest BCUT2D eigenvalue weighted by molar-refractivity contribution is 6.31. The lowest BCUT2D eigenvalue weighted by atomic mass is 9.77. The molecule has 8 heteroatoms.